The zero-order valence-corrected chi connectivity index (χ0v) is 24.8. The van der Waals surface area contributed by atoms with Gasteiger partial charge in [-0.25, -0.2) is 0 Å². The molecule has 1 amide bonds. The minimum absolute atomic E-state index is 0.175. The number of methoxy groups -OCH3 is 1. The van der Waals surface area contributed by atoms with E-state index in [0.717, 1.165) is 36.8 Å². The van der Waals surface area contributed by atoms with Crippen molar-refractivity contribution < 1.29 is 22.7 Å². The molecule has 0 bridgehead atoms. The van der Waals surface area contributed by atoms with E-state index < -0.39 is 12.7 Å². The van der Waals surface area contributed by atoms with E-state index in [1.807, 2.05) is 12.1 Å². The number of amides is 1. The normalized spacial score (nSPS) is 19.4. The summed E-state index contributed by atoms with van der Waals surface area (Å²) in [6.07, 6.45) is 3.90. The second-order valence-electron chi connectivity index (χ2n) is 11.4. The Morgan fingerprint density at radius 1 is 1.02 bits per heavy atom. The summed E-state index contributed by atoms with van der Waals surface area (Å²) in [4.78, 5) is 14.6. The number of carbonyl (C=O) groups is 1. The highest BCUT2D eigenvalue weighted by Crippen LogP contribution is 2.33. The topological polar surface area (TPSA) is 70.6 Å². The number of nitrogens with zero attached hydrogens (tertiary/aromatic N) is 2. The molecule has 1 aromatic heterocycles. The molecular formula is C33H40F3N5O2. The molecule has 1 saturated heterocycles. The summed E-state index contributed by atoms with van der Waals surface area (Å²) in [5.74, 6) is 6.15. The van der Waals surface area contributed by atoms with E-state index in [2.05, 4.69) is 32.7 Å². The second-order valence-corrected chi connectivity index (χ2v) is 11.4. The third kappa shape index (κ3) is 7.57. The fourth-order valence-electron chi connectivity index (χ4n) is 6.35. The van der Waals surface area contributed by atoms with Crippen molar-refractivity contribution in [2.75, 3.05) is 44.4 Å². The van der Waals surface area contributed by atoms with Crippen molar-refractivity contribution in [1.29, 1.82) is 0 Å². The van der Waals surface area contributed by atoms with Crippen molar-refractivity contribution in [1.82, 2.24) is 14.8 Å². The van der Waals surface area contributed by atoms with Crippen molar-refractivity contribution >= 4 is 28.2 Å². The van der Waals surface area contributed by atoms with Gasteiger partial charge in [0.2, 0.25) is 0 Å². The Hall–Kier alpha value is -3.84. The maximum atomic E-state index is 13.7. The summed E-state index contributed by atoms with van der Waals surface area (Å²) in [7, 11) is 3.05. The van der Waals surface area contributed by atoms with E-state index in [9.17, 15) is 18.0 Å². The first-order chi connectivity index (χ1) is 20.8. The lowest BCUT2D eigenvalue weighted by Crippen LogP contribution is -2.43. The monoisotopic (exact) mass is 595 g/mol. The number of rotatable bonds is 8. The number of alkyl halides is 3. The molecule has 230 valence electrons. The fourth-order valence-corrected chi connectivity index (χ4v) is 6.35. The van der Waals surface area contributed by atoms with Gasteiger partial charge in [0.1, 0.15) is 12.3 Å². The van der Waals surface area contributed by atoms with E-state index in [1.165, 1.54) is 44.0 Å². The largest absolute Gasteiger partial charge is 0.495 e. The van der Waals surface area contributed by atoms with Gasteiger partial charge in [-0.1, -0.05) is 18.4 Å². The van der Waals surface area contributed by atoms with Gasteiger partial charge in [0.05, 0.1) is 30.6 Å². The molecular weight excluding hydrogens is 555 g/mol. The molecule has 0 unspecified atom stereocenters. The summed E-state index contributed by atoms with van der Waals surface area (Å²) in [5.41, 5.74) is 2.74. The van der Waals surface area contributed by atoms with Gasteiger partial charge in [-0.15, -0.1) is 0 Å². The molecule has 1 aliphatic carbocycles. The molecule has 0 spiro atoms. The molecule has 2 fully saturated rings. The fraction of sp³-hybridized carbons (Fsp3) is 0.485. The second kappa shape index (κ2) is 13.6. The van der Waals surface area contributed by atoms with Gasteiger partial charge < -0.3 is 30.2 Å². The molecule has 5 rings (SSSR count). The Kier molecular flexibility index (Phi) is 9.71. The first kappa shape index (κ1) is 30.6. The lowest BCUT2D eigenvalue weighted by atomic mass is 9.89. The van der Waals surface area contributed by atoms with Crippen LogP contribution in [-0.4, -0.2) is 67.4 Å². The first-order valence-electron chi connectivity index (χ1n) is 15.1. The van der Waals surface area contributed by atoms with E-state index in [1.54, 1.807) is 37.4 Å². The number of fused-ring (bicyclic) bond motifs is 1. The van der Waals surface area contributed by atoms with Gasteiger partial charge in [0.25, 0.3) is 5.91 Å². The van der Waals surface area contributed by atoms with Gasteiger partial charge >= 0.3 is 6.18 Å². The molecule has 2 aliphatic rings. The summed E-state index contributed by atoms with van der Waals surface area (Å²) < 4.78 is 47.6. The number of halogens is 3. The molecule has 2 aromatic carbocycles. The minimum atomic E-state index is -4.39. The van der Waals surface area contributed by atoms with Gasteiger partial charge in [-0.05, 0) is 93.9 Å². The minimum Gasteiger partial charge on any atom is -0.495 e. The van der Waals surface area contributed by atoms with Crippen LogP contribution < -0.4 is 20.7 Å². The number of aromatic nitrogens is 1. The molecule has 10 heteroatoms. The number of hydrogen-bond acceptors (Lipinski definition) is 5. The van der Waals surface area contributed by atoms with Crippen molar-refractivity contribution in [3.63, 3.8) is 0 Å². The van der Waals surface area contributed by atoms with E-state index >= 15 is 0 Å². The Morgan fingerprint density at radius 3 is 2.49 bits per heavy atom. The molecule has 43 heavy (non-hydrogen) atoms. The SMILES string of the molecule is CNC(=O)c1ccc(NCC#Cc2cc3c(N[C@H]4CC[C@@H](N5CCCCC5)CC4)cccc3n2CC(F)(F)F)c(OC)c1. The molecule has 0 atom stereocenters. The van der Waals surface area contributed by atoms with Crippen molar-refractivity contribution in [3.05, 3.63) is 53.7 Å². The van der Waals surface area contributed by atoms with E-state index in [-0.39, 0.29) is 12.5 Å². The Labute approximate surface area is 251 Å². The summed E-state index contributed by atoms with van der Waals surface area (Å²) in [6.45, 7) is 1.46. The maximum Gasteiger partial charge on any atom is 0.406 e. The van der Waals surface area contributed by atoms with Gasteiger partial charge in [0.15, 0.2) is 0 Å². The van der Waals surface area contributed by atoms with Gasteiger partial charge in [0, 0.05) is 35.8 Å². The predicted octanol–water partition coefficient (Wildman–Crippen LogP) is 6.24. The van der Waals surface area contributed by atoms with Gasteiger partial charge in [-0.2, -0.15) is 13.2 Å². The Morgan fingerprint density at radius 2 is 1.79 bits per heavy atom. The Balaban J connectivity index is 1.32. The zero-order chi connectivity index (χ0) is 30.4. The van der Waals surface area contributed by atoms with Crippen LogP contribution in [0.15, 0.2) is 42.5 Å². The third-order valence-electron chi connectivity index (χ3n) is 8.52. The van der Waals surface area contributed by atoms with Crippen LogP contribution in [0, 0.1) is 11.8 Å². The maximum absolute atomic E-state index is 13.7. The first-order valence-corrected chi connectivity index (χ1v) is 15.1. The highest BCUT2D eigenvalue weighted by atomic mass is 19.4. The van der Waals surface area contributed by atoms with Crippen molar-refractivity contribution in [2.45, 2.75) is 69.8 Å². The molecule has 3 N–H and O–H groups in total. The average molecular weight is 596 g/mol. The predicted molar refractivity (Wildman–Crippen MR) is 165 cm³/mol. The number of nitrogens with one attached hydrogen (secondary N) is 3. The van der Waals surface area contributed by atoms with Crippen LogP contribution in [0.2, 0.25) is 0 Å². The highest BCUT2D eigenvalue weighted by Gasteiger charge is 2.30. The smallest absolute Gasteiger partial charge is 0.406 e. The van der Waals surface area contributed by atoms with Crippen LogP contribution in [0.5, 0.6) is 5.75 Å². The number of piperidine rings is 1. The average Bonchev–Trinajstić information content (AvgIpc) is 3.36. The Bertz CT molecular complexity index is 1480. The van der Waals surface area contributed by atoms with Crippen LogP contribution in [0.3, 0.4) is 0 Å². The quantitative estimate of drug-likeness (QED) is 0.269. The lowest BCUT2D eigenvalue weighted by molar-refractivity contribution is -0.140. The van der Waals surface area contributed by atoms with Crippen LogP contribution >= 0.6 is 0 Å². The number of likely N-dealkylation sites (tertiary alicyclic amines) is 1. The van der Waals surface area contributed by atoms with Crippen LogP contribution in [-0.2, 0) is 6.54 Å². The zero-order valence-electron chi connectivity index (χ0n) is 24.8. The lowest BCUT2D eigenvalue weighted by Gasteiger charge is -2.39. The van der Waals surface area contributed by atoms with Crippen LogP contribution in [0.4, 0.5) is 24.5 Å². The summed E-state index contributed by atoms with van der Waals surface area (Å²) >= 11 is 0. The molecule has 1 saturated carbocycles. The van der Waals surface area contributed by atoms with E-state index in [4.69, 9.17) is 4.74 Å². The number of hydrogen-bond donors (Lipinski definition) is 3. The number of benzene rings is 2. The highest BCUT2D eigenvalue weighted by molar-refractivity contribution is 5.95. The standard InChI is InChI=1S/C33H40F3N5O2/c1-37-32(42)23-11-16-29(31(20-23)43-2)38-17-7-8-26-21-27-28(9-6-10-30(27)41(26)22-33(34,35)36)39-24-12-14-25(15-13-24)40-18-4-3-5-19-40/h6,9-11,16,20-21,24-25,38-39H,3-5,12-15,17-19,22H2,1-2H3,(H,37,42)/t24-,25+. The molecule has 1 aliphatic heterocycles. The summed E-state index contributed by atoms with van der Waals surface area (Å²) in [5, 5.41) is 10.1. The number of ether oxygens (including phenoxy) is 1. The van der Waals surface area contributed by atoms with Crippen molar-refractivity contribution in [2.24, 2.45) is 0 Å². The third-order valence-corrected chi connectivity index (χ3v) is 8.52. The molecule has 2 heterocycles. The number of carbonyl (C=O) groups excluding carboxylic acids is 1. The van der Waals surface area contributed by atoms with Crippen molar-refractivity contribution in [3.8, 4) is 17.6 Å². The van der Waals surface area contributed by atoms with Crippen LogP contribution in [0.25, 0.3) is 10.9 Å². The van der Waals surface area contributed by atoms with Crippen LogP contribution in [0.1, 0.15) is 61.0 Å². The molecule has 0 radical (unpaired) electrons. The van der Waals surface area contributed by atoms with Gasteiger partial charge in [-0.3, -0.25) is 4.79 Å². The number of anilines is 2. The molecule has 3 aromatic rings. The molecule has 7 nitrogen and oxygen atoms in total. The summed E-state index contributed by atoms with van der Waals surface area (Å²) in [6, 6.07) is 13.2. The van der Waals surface area contributed by atoms with E-state index in [0.29, 0.717) is 40.3 Å².